The summed E-state index contributed by atoms with van der Waals surface area (Å²) >= 11 is 1.16. The van der Waals surface area contributed by atoms with Crippen LogP contribution in [0.5, 0.6) is 5.75 Å². The van der Waals surface area contributed by atoms with Crippen molar-refractivity contribution in [1.82, 2.24) is 0 Å². The molecule has 0 aliphatic rings. The topological polar surface area (TPSA) is 73.9 Å². The van der Waals surface area contributed by atoms with Gasteiger partial charge in [-0.05, 0) is 11.4 Å². The van der Waals surface area contributed by atoms with Crippen LogP contribution in [0.2, 0.25) is 0 Å². The Morgan fingerprint density at radius 1 is 1.57 bits per heavy atom. The second-order valence-electron chi connectivity index (χ2n) is 2.37. The maximum Gasteiger partial charge on any atom is 0.207 e. The van der Waals surface area contributed by atoms with Gasteiger partial charge >= 0.3 is 0 Å². The monoisotopic (exact) mass is 206 g/mol. The third-order valence-electron chi connectivity index (χ3n) is 1.59. The molecule has 5 heteroatoms. The zero-order valence-electron chi connectivity index (χ0n) is 7.35. The number of carbonyl (C=O) groups excluding carboxylic acids is 1. The molecule has 0 bridgehead atoms. The predicted octanol–water partition coefficient (Wildman–Crippen LogP) is 1.60. The van der Waals surface area contributed by atoms with Crippen molar-refractivity contribution in [3.63, 3.8) is 0 Å². The molecule has 1 aromatic rings. The molecule has 0 saturated carbocycles. The number of ether oxygens (including phenoxy) is 1. The van der Waals surface area contributed by atoms with Gasteiger partial charge in [-0.15, -0.1) is 11.3 Å². The molecule has 0 aromatic carbocycles. The van der Waals surface area contributed by atoms with Gasteiger partial charge in [-0.3, -0.25) is 4.79 Å². The van der Waals surface area contributed by atoms with E-state index in [0.29, 0.717) is 10.6 Å². The van der Waals surface area contributed by atoms with E-state index in [4.69, 9.17) is 15.3 Å². The summed E-state index contributed by atoms with van der Waals surface area (Å²) in [6.45, 7) is 0. The Bertz CT molecular complexity index is 411. The lowest BCUT2D eigenvalue weighted by atomic mass is 10.1. The lowest BCUT2D eigenvalue weighted by Crippen LogP contribution is -2.10. The summed E-state index contributed by atoms with van der Waals surface area (Å²) in [7, 11) is 1.44. The smallest absolute Gasteiger partial charge is 0.207 e. The maximum atomic E-state index is 11.5. The molecule has 0 spiro atoms. The molecule has 0 saturated heterocycles. The van der Waals surface area contributed by atoms with Crippen molar-refractivity contribution in [2.45, 2.75) is 0 Å². The Hall–Kier alpha value is -1.85. The van der Waals surface area contributed by atoms with Crippen molar-refractivity contribution in [3.8, 4) is 17.9 Å². The molecule has 4 nitrogen and oxygen atoms in total. The molecule has 0 aliphatic heterocycles. The summed E-state index contributed by atoms with van der Waals surface area (Å²) < 4.78 is 4.92. The highest BCUT2D eigenvalue weighted by Gasteiger charge is 2.23. The van der Waals surface area contributed by atoms with E-state index < -0.39 is 11.7 Å². The minimum absolute atomic E-state index is 0.320. The van der Waals surface area contributed by atoms with Crippen molar-refractivity contribution >= 4 is 17.1 Å². The van der Waals surface area contributed by atoms with Gasteiger partial charge in [-0.25, -0.2) is 0 Å². The van der Waals surface area contributed by atoms with Gasteiger partial charge in [0.15, 0.2) is 5.92 Å². The van der Waals surface area contributed by atoms with Crippen LogP contribution in [0.4, 0.5) is 0 Å². The van der Waals surface area contributed by atoms with E-state index >= 15 is 0 Å². The van der Waals surface area contributed by atoms with E-state index in [0.717, 1.165) is 11.3 Å². The van der Waals surface area contributed by atoms with Crippen LogP contribution in [0.15, 0.2) is 11.4 Å². The number of hydrogen-bond donors (Lipinski definition) is 0. The third kappa shape index (κ3) is 1.73. The van der Waals surface area contributed by atoms with Gasteiger partial charge in [-0.2, -0.15) is 10.5 Å². The molecule has 1 aromatic heterocycles. The average Bonchev–Trinajstić information content (AvgIpc) is 2.67. The summed E-state index contributed by atoms with van der Waals surface area (Å²) in [5.74, 6) is -1.33. The van der Waals surface area contributed by atoms with E-state index in [1.807, 2.05) is 0 Å². The normalized spacial score (nSPS) is 9.14. The average molecular weight is 206 g/mol. The van der Waals surface area contributed by atoms with E-state index in [1.165, 1.54) is 7.11 Å². The molecular weight excluding hydrogens is 200 g/mol. The van der Waals surface area contributed by atoms with Crippen LogP contribution in [-0.2, 0) is 0 Å². The summed E-state index contributed by atoms with van der Waals surface area (Å²) in [6.07, 6.45) is 0. The highest BCUT2D eigenvalue weighted by atomic mass is 32.1. The van der Waals surface area contributed by atoms with E-state index in [1.54, 1.807) is 23.6 Å². The number of ketones is 1. The van der Waals surface area contributed by atoms with Crippen LogP contribution in [0.3, 0.4) is 0 Å². The van der Waals surface area contributed by atoms with Crippen molar-refractivity contribution in [2.75, 3.05) is 7.11 Å². The zero-order valence-corrected chi connectivity index (χ0v) is 8.17. The minimum atomic E-state index is -1.25. The summed E-state index contributed by atoms with van der Waals surface area (Å²) in [5, 5.41) is 18.7. The van der Waals surface area contributed by atoms with Crippen molar-refractivity contribution in [3.05, 3.63) is 16.3 Å². The Kier molecular flexibility index (Phi) is 3.22. The van der Waals surface area contributed by atoms with Crippen molar-refractivity contribution in [2.24, 2.45) is 5.92 Å². The van der Waals surface area contributed by atoms with Gasteiger partial charge in [0, 0.05) is 0 Å². The fraction of sp³-hybridized carbons (Fsp3) is 0.222. The SMILES string of the molecule is COc1ccsc1C(=O)C(C#N)C#N. The first-order chi connectivity index (χ1) is 6.74. The van der Waals surface area contributed by atoms with Gasteiger partial charge in [0.1, 0.15) is 10.6 Å². The maximum absolute atomic E-state index is 11.5. The van der Waals surface area contributed by atoms with Gasteiger partial charge in [0.25, 0.3) is 0 Å². The number of thiophene rings is 1. The number of Topliss-reactive ketones (excluding diaryl/α,β-unsaturated/α-hetero) is 1. The first-order valence-corrected chi connectivity index (χ1v) is 4.57. The Balaban J connectivity index is 3.02. The summed E-state index contributed by atoms with van der Waals surface area (Å²) in [6, 6.07) is 4.89. The molecule has 1 rings (SSSR count). The quantitative estimate of drug-likeness (QED) is 0.704. The lowest BCUT2D eigenvalue weighted by molar-refractivity contribution is 0.0972. The molecule has 14 heavy (non-hydrogen) atoms. The largest absolute Gasteiger partial charge is 0.495 e. The van der Waals surface area contributed by atoms with Crippen LogP contribution in [0, 0.1) is 28.6 Å². The molecule has 70 valence electrons. The molecule has 1 heterocycles. The van der Waals surface area contributed by atoms with Crippen LogP contribution in [-0.4, -0.2) is 12.9 Å². The molecule has 0 atom stereocenters. The van der Waals surface area contributed by atoms with Crippen LogP contribution >= 0.6 is 11.3 Å². The molecule has 0 aliphatic carbocycles. The minimum Gasteiger partial charge on any atom is -0.495 e. The van der Waals surface area contributed by atoms with Gasteiger partial charge in [-0.1, -0.05) is 0 Å². The number of nitriles is 2. The number of methoxy groups -OCH3 is 1. The van der Waals surface area contributed by atoms with Crippen molar-refractivity contribution < 1.29 is 9.53 Å². The van der Waals surface area contributed by atoms with E-state index in [9.17, 15) is 4.79 Å². The second-order valence-corrected chi connectivity index (χ2v) is 3.29. The molecule has 0 N–H and O–H groups in total. The van der Waals surface area contributed by atoms with Gasteiger partial charge in [0.2, 0.25) is 5.78 Å². The van der Waals surface area contributed by atoms with Crippen LogP contribution in [0.1, 0.15) is 9.67 Å². The molecule has 0 unspecified atom stereocenters. The van der Waals surface area contributed by atoms with Crippen LogP contribution < -0.4 is 4.74 Å². The third-order valence-corrected chi connectivity index (χ3v) is 2.50. The molecule has 0 radical (unpaired) electrons. The standard InChI is InChI=1S/C9H6N2O2S/c1-13-7-2-3-14-9(7)8(12)6(4-10)5-11/h2-3,6H,1H3. The first kappa shape index (κ1) is 10.2. The fourth-order valence-electron chi connectivity index (χ4n) is 0.915. The number of hydrogen-bond acceptors (Lipinski definition) is 5. The molecule has 0 fully saturated rings. The second kappa shape index (κ2) is 4.40. The van der Waals surface area contributed by atoms with Crippen molar-refractivity contribution in [1.29, 1.82) is 10.5 Å². The van der Waals surface area contributed by atoms with Gasteiger partial charge in [0.05, 0.1) is 19.2 Å². The predicted molar refractivity (Wildman–Crippen MR) is 49.9 cm³/mol. The molecular formula is C9H6N2O2S. The number of rotatable bonds is 3. The summed E-state index contributed by atoms with van der Waals surface area (Å²) in [4.78, 5) is 11.9. The Labute approximate surface area is 85.0 Å². The molecule has 0 amide bonds. The number of nitrogens with zero attached hydrogens (tertiary/aromatic N) is 2. The first-order valence-electron chi connectivity index (χ1n) is 3.69. The van der Waals surface area contributed by atoms with E-state index in [-0.39, 0.29) is 0 Å². The van der Waals surface area contributed by atoms with Gasteiger partial charge < -0.3 is 4.74 Å². The van der Waals surface area contributed by atoms with E-state index in [2.05, 4.69) is 0 Å². The highest BCUT2D eigenvalue weighted by Crippen LogP contribution is 2.26. The number of carbonyl (C=O) groups is 1. The Morgan fingerprint density at radius 2 is 2.21 bits per heavy atom. The fourth-order valence-corrected chi connectivity index (χ4v) is 1.74. The highest BCUT2D eigenvalue weighted by molar-refractivity contribution is 7.12. The Morgan fingerprint density at radius 3 is 2.71 bits per heavy atom. The lowest BCUT2D eigenvalue weighted by Gasteiger charge is -2.00. The summed E-state index contributed by atoms with van der Waals surface area (Å²) in [5.41, 5.74) is 0. The zero-order chi connectivity index (χ0) is 10.6. The van der Waals surface area contributed by atoms with Crippen LogP contribution in [0.25, 0.3) is 0 Å².